The van der Waals surface area contributed by atoms with Crippen molar-refractivity contribution in [1.82, 2.24) is 15.3 Å². The third-order valence-corrected chi connectivity index (χ3v) is 2.45. The molecule has 0 aliphatic rings. The highest BCUT2D eigenvalue weighted by molar-refractivity contribution is 5.81. The summed E-state index contributed by atoms with van der Waals surface area (Å²) >= 11 is 0. The zero-order valence-corrected chi connectivity index (χ0v) is 11.7. The molecule has 0 aliphatic heterocycles. The molecule has 0 saturated carbocycles. The zero-order valence-electron chi connectivity index (χ0n) is 11.7. The maximum atomic E-state index is 11.7. The molecular weight excluding hydrogens is 248 g/mol. The number of anilines is 1. The van der Waals surface area contributed by atoms with Gasteiger partial charge < -0.3 is 19.9 Å². The van der Waals surface area contributed by atoms with E-state index in [0.717, 1.165) is 0 Å². The van der Waals surface area contributed by atoms with Crippen LogP contribution < -0.4 is 20.5 Å². The number of carbonyl (C=O) groups excluding carboxylic acids is 1. The summed E-state index contributed by atoms with van der Waals surface area (Å²) < 4.78 is 5.00. The molecule has 1 amide bonds. The number of aromatic nitrogens is 2. The average Bonchev–Trinajstić information content (AvgIpc) is 2.36. The smallest absolute Gasteiger partial charge is 0.295 e. The van der Waals surface area contributed by atoms with E-state index >= 15 is 0 Å². The fraction of sp³-hybridized carbons (Fsp3) is 0.583. The summed E-state index contributed by atoms with van der Waals surface area (Å²) in [6.07, 6.45) is 1.28. The standard InChI is InChI=1S/C12H20N4O3/c1-8(2)5-13-9(17)6-16(3)11-10(19-4)12(18)15-7-14-11/h7-8H,5-6H2,1-4H3,(H,13,17)(H,14,15,18). The molecule has 1 heterocycles. The number of rotatable bonds is 6. The van der Waals surface area contributed by atoms with E-state index in [-0.39, 0.29) is 23.8 Å². The van der Waals surface area contributed by atoms with Crippen LogP contribution in [-0.4, -0.2) is 43.1 Å². The molecule has 0 spiro atoms. The van der Waals surface area contributed by atoms with E-state index in [1.807, 2.05) is 13.8 Å². The van der Waals surface area contributed by atoms with Gasteiger partial charge in [-0.2, -0.15) is 0 Å². The van der Waals surface area contributed by atoms with Gasteiger partial charge in [0.05, 0.1) is 20.0 Å². The van der Waals surface area contributed by atoms with Crippen molar-refractivity contribution in [2.75, 3.05) is 32.1 Å². The molecule has 7 nitrogen and oxygen atoms in total. The predicted octanol–water partition coefficient (Wildman–Crippen LogP) is -0.0131. The molecule has 2 N–H and O–H groups in total. The number of likely N-dealkylation sites (N-methyl/N-ethyl adjacent to an activating group) is 1. The summed E-state index contributed by atoms with van der Waals surface area (Å²) in [6, 6.07) is 0. The van der Waals surface area contributed by atoms with Crippen molar-refractivity contribution in [1.29, 1.82) is 0 Å². The van der Waals surface area contributed by atoms with Crippen LogP contribution in [0.15, 0.2) is 11.1 Å². The molecular formula is C12H20N4O3. The van der Waals surface area contributed by atoms with E-state index in [2.05, 4.69) is 15.3 Å². The van der Waals surface area contributed by atoms with E-state index in [0.29, 0.717) is 18.3 Å². The van der Waals surface area contributed by atoms with Crippen molar-refractivity contribution in [3.8, 4) is 5.75 Å². The second-order valence-corrected chi connectivity index (χ2v) is 4.64. The van der Waals surface area contributed by atoms with Gasteiger partial charge in [0, 0.05) is 13.6 Å². The lowest BCUT2D eigenvalue weighted by molar-refractivity contribution is -0.119. The quantitative estimate of drug-likeness (QED) is 0.757. The van der Waals surface area contributed by atoms with Gasteiger partial charge in [-0.3, -0.25) is 9.59 Å². The number of amides is 1. The Labute approximate surface area is 112 Å². The average molecular weight is 268 g/mol. The van der Waals surface area contributed by atoms with Crippen molar-refractivity contribution >= 4 is 11.7 Å². The fourth-order valence-corrected chi connectivity index (χ4v) is 1.50. The molecule has 0 aliphatic carbocycles. The summed E-state index contributed by atoms with van der Waals surface area (Å²) in [5, 5.41) is 2.80. The fourth-order valence-electron chi connectivity index (χ4n) is 1.50. The van der Waals surface area contributed by atoms with Gasteiger partial charge in [0.25, 0.3) is 5.56 Å². The van der Waals surface area contributed by atoms with Crippen LogP contribution in [0.3, 0.4) is 0 Å². The lowest BCUT2D eigenvalue weighted by Crippen LogP contribution is -2.37. The summed E-state index contributed by atoms with van der Waals surface area (Å²) in [7, 11) is 3.07. The first-order chi connectivity index (χ1) is 8.95. The molecule has 19 heavy (non-hydrogen) atoms. The Morgan fingerprint density at radius 3 is 2.84 bits per heavy atom. The SMILES string of the molecule is COc1c(N(C)CC(=O)NCC(C)C)nc[nH]c1=O. The van der Waals surface area contributed by atoms with Crippen molar-refractivity contribution < 1.29 is 9.53 Å². The number of nitrogens with zero attached hydrogens (tertiary/aromatic N) is 2. The third-order valence-electron chi connectivity index (χ3n) is 2.45. The maximum Gasteiger partial charge on any atom is 0.295 e. The van der Waals surface area contributed by atoms with Crippen LogP contribution in [0.5, 0.6) is 5.75 Å². The van der Waals surface area contributed by atoms with Gasteiger partial charge in [0.15, 0.2) is 5.82 Å². The predicted molar refractivity (Wildman–Crippen MR) is 72.5 cm³/mol. The van der Waals surface area contributed by atoms with Gasteiger partial charge in [-0.05, 0) is 5.92 Å². The molecule has 1 aromatic rings. The van der Waals surface area contributed by atoms with E-state index < -0.39 is 0 Å². The normalized spacial score (nSPS) is 10.4. The van der Waals surface area contributed by atoms with Gasteiger partial charge in [-0.25, -0.2) is 4.98 Å². The summed E-state index contributed by atoms with van der Waals surface area (Å²) in [6.45, 7) is 4.77. The largest absolute Gasteiger partial charge is 0.489 e. The monoisotopic (exact) mass is 268 g/mol. The number of aromatic amines is 1. The summed E-state index contributed by atoms with van der Waals surface area (Å²) in [4.78, 5) is 31.3. The number of hydrogen-bond donors (Lipinski definition) is 2. The minimum absolute atomic E-state index is 0.0988. The summed E-state index contributed by atoms with van der Waals surface area (Å²) in [5.41, 5.74) is -0.373. The van der Waals surface area contributed by atoms with Gasteiger partial charge in [-0.1, -0.05) is 13.8 Å². The van der Waals surface area contributed by atoms with Crippen LogP contribution in [0.1, 0.15) is 13.8 Å². The molecule has 7 heteroatoms. The number of carbonyl (C=O) groups is 1. The number of nitrogens with one attached hydrogen (secondary N) is 2. The molecule has 0 radical (unpaired) electrons. The van der Waals surface area contributed by atoms with Gasteiger partial charge >= 0.3 is 0 Å². The molecule has 0 bridgehead atoms. The Kier molecular flexibility index (Phi) is 5.35. The van der Waals surface area contributed by atoms with Crippen molar-refractivity contribution in [2.24, 2.45) is 5.92 Å². The molecule has 0 fully saturated rings. The van der Waals surface area contributed by atoms with Gasteiger partial charge in [0.1, 0.15) is 0 Å². The molecule has 0 saturated heterocycles. The van der Waals surface area contributed by atoms with E-state index in [1.54, 1.807) is 11.9 Å². The Balaban J connectivity index is 2.73. The van der Waals surface area contributed by atoms with E-state index in [4.69, 9.17) is 4.74 Å². The Morgan fingerprint density at radius 2 is 2.26 bits per heavy atom. The maximum absolute atomic E-state index is 11.7. The van der Waals surface area contributed by atoms with E-state index in [9.17, 15) is 9.59 Å². The zero-order chi connectivity index (χ0) is 14.4. The third kappa shape index (κ3) is 4.27. The Hall–Kier alpha value is -2.05. The topological polar surface area (TPSA) is 87.3 Å². The number of H-pyrrole nitrogens is 1. The number of ether oxygens (including phenoxy) is 1. The van der Waals surface area contributed by atoms with Gasteiger partial charge in [0.2, 0.25) is 11.7 Å². The number of hydrogen-bond acceptors (Lipinski definition) is 5. The van der Waals surface area contributed by atoms with Crippen LogP contribution in [0, 0.1) is 5.92 Å². The lowest BCUT2D eigenvalue weighted by atomic mass is 10.2. The van der Waals surface area contributed by atoms with Crippen LogP contribution in [0.4, 0.5) is 5.82 Å². The molecule has 0 aromatic carbocycles. The van der Waals surface area contributed by atoms with Crippen molar-refractivity contribution in [3.63, 3.8) is 0 Å². The second kappa shape index (κ2) is 6.77. The molecule has 106 valence electrons. The van der Waals surface area contributed by atoms with Gasteiger partial charge in [-0.15, -0.1) is 0 Å². The highest BCUT2D eigenvalue weighted by Crippen LogP contribution is 2.18. The van der Waals surface area contributed by atoms with Crippen LogP contribution in [0.25, 0.3) is 0 Å². The molecule has 1 rings (SSSR count). The highest BCUT2D eigenvalue weighted by atomic mass is 16.5. The minimum Gasteiger partial charge on any atom is -0.489 e. The first-order valence-corrected chi connectivity index (χ1v) is 6.05. The highest BCUT2D eigenvalue weighted by Gasteiger charge is 2.15. The minimum atomic E-state index is -0.373. The Bertz CT molecular complexity index is 484. The van der Waals surface area contributed by atoms with E-state index in [1.165, 1.54) is 13.4 Å². The first kappa shape index (κ1) is 15.0. The Morgan fingerprint density at radius 1 is 1.58 bits per heavy atom. The summed E-state index contributed by atoms with van der Waals surface area (Å²) in [5.74, 6) is 0.703. The number of methoxy groups -OCH3 is 1. The van der Waals surface area contributed by atoms with Crippen molar-refractivity contribution in [2.45, 2.75) is 13.8 Å². The van der Waals surface area contributed by atoms with Crippen LogP contribution in [0.2, 0.25) is 0 Å². The molecule has 1 aromatic heterocycles. The van der Waals surface area contributed by atoms with Crippen LogP contribution >= 0.6 is 0 Å². The molecule has 0 unspecified atom stereocenters. The first-order valence-electron chi connectivity index (χ1n) is 6.05. The second-order valence-electron chi connectivity index (χ2n) is 4.64. The lowest BCUT2D eigenvalue weighted by Gasteiger charge is -2.19. The molecule has 0 atom stereocenters. The van der Waals surface area contributed by atoms with Crippen LogP contribution in [-0.2, 0) is 4.79 Å². The van der Waals surface area contributed by atoms with Crippen molar-refractivity contribution in [3.05, 3.63) is 16.7 Å².